The number of rotatable bonds is 7. The van der Waals surface area contributed by atoms with Gasteiger partial charge in [0.15, 0.2) is 22.9 Å². The van der Waals surface area contributed by atoms with Crippen LogP contribution < -0.4 is 15.8 Å². The molecule has 1 aromatic carbocycles. The van der Waals surface area contributed by atoms with Crippen LogP contribution in [0.5, 0.6) is 5.75 Å². The fourth-order valence-electron chi connectivity index (χ4n) is 6.36. The van der Waals surface area contributed by atoms with E-state index in [0.29, 0.717) is 48.4 Å². The summed E-state index contributed by atoms with van der Waals surface area (Å²) in [6.45, 7) is 2.67. The average molecular weight is 745 g/mol. The summed E-state index contributed by atoms with van der Waals surface area (Å²) in [7, 11) is 0. The number of carbonyl (C=O) groups excluding carboxylic acids is 2. The van der Waals surface area contributed by atoms with Crippen LogP contribution in [0.2, 0.25) is 5.02 Å². The molecule has 14 nitrogen and oxygen atoms in total. The number of fused-ring (bicyclic) bond motifs is 2. The van der Waals surface area contributed by atoms with Gasteiger partial charge in [0.1, 0.15) is 18.0 Å². The van der Waals surface area contributed by atoms with Gasteiger partial charge in [0.25, 0.3) is 11.5 Å². The number of hydrogen-bond donors (Lipinski definition) is 2. The monoisotopic (exact) mass is 744 g/mol. The normalized spacial score (nSPS) is 15.4. The summed E-state index contributed by atoms with van der Waals surface area (Å²) in [6, 6.07) is 2.41. The maximum Gasteiger partial charge on any atom is 0.419 e. The number of furan rings is 1. The summed E-state index contributed by atoms with van der Waals surface area (Å²) in [5.74, 6) is -2.95. The molecule has 0 saturated carbocycles. The number of pyridine rings is 1. The van der Waals surface area contributed by atoms with Gasteiger partial charge in [0, 0.05) is 26.2 Å². The van der Waals surface area contributed by atoms with E-state index in [-0.39, 0.29) is 67.0 Å². The molecule has 6 heterocycles. The van der Waals surface area contributed by atoms with Gasteiger partial charge in [0.05, 0.1) is 53.0 Å². The van der Waals surface area contributed by atoms with Crippen LogP contribution in [0, 0.1) is 5.82 Å². The molecule has 0 bridgehead atoms. The van der Waals surface area contributed by atoms with Crippen molar-refractivity contribution in [3.05, 3.63) is 80.7 Å². The predicted molar refractivity (Wildman–Crippen MR) is 179 cm³/mol. The van der Waals surface area contributed by atoms with E-state index in [0.717, 1.165) is 10.1 Å². The molecule has 19 heteroatoms. The smallest absolute Gasteiger partial charge is 0.419 e. The first-order valence-corrected chi connectivity index (χ1v) is 16.5. The summed E-state index contributed by atoms with van der Waals surface area (Å²) in [6.07, 6.45) is 0.220. The Morgan fingerprint density at radius 2 is 1.92 bits per heavy atom. The summed E-state index contributed by atoms with van der Waals surface area (Å²) in [4.78, 5) is 53.0. The molecule has 0 atom stereocenters. The SMILES string of the molecule is CCc1c(N2CCN(C(=O)c3ncc4occc4c3O)CC2)c(=O)n2nc(C3=CCOCC3)nc2n1CC(=O)Nc1cc(F)c(C(F)(F)F)cc1Cl. The van der Waals surface area contributed by atoms with Gasteiger partial charge in [-0.1, -0.05) is 24.6 Å². The molecule has 0 radical (unpaired) electrons. The lowest BCUT2D eigenvalue weighted by molar-refractivity contribution is -0.140. The van der Waals surface area contributed by atoms with E-state index >= 15 is 0 Å². The van der Waals surface area contributed by atoms with Crippen molar-refractivity contribution in [2.24, 2.45) is 0 Å². The molecular weight excluding hydrogens is 716 g/mol. The number of aromatic hydroxyl groups is 1. The molecule has 1 saturated heterocycles. The number of piperazine rings is 1. The maximum atomic E-state index is 14.4. The molecule has 5 aromatic rings. The molecular formula is C33H29ClF4N8O6. The molecule has 2 aliphatic rings. The second-order valence-corrected chi connectivity index (χ2v) is 12.4. The Kier molecular flexibility index (Phi) is 9.12. The van der Waals surface area contributed by atoms with E-state index in [1.165, 1.54) is 28.0 Å². The Bertz CT molecular complexity index is 2330. The van der Waals surface area contributed by atoms with Crippen LogP contribution in [-0.4, -0.2) is 85.4 Å². The van der Waals surface area contributed by atoms with Crippen LogP contribution in [0.4, 0.5) is 28.9 Å². The van der Waals surface area contributed by atoms with Gasteiger partial charge in [-0.25, -0.2) is 9.37 Å². The molecule has 52 heavy (non-hydrogen) atoms. The van der Waals surface area contributed by atoms with Crippen molar-refractivity contribution in [1.82, 2.24) is 29.0 Å². The van der Waals surface area contributed by atoms with Crippen LogP contribution in [0.3, 0.4) is 0 Å². The number of hydrogen-bond acceptors (Lipinski definition) is 10. The molecule has 7 rings (SSSR count). The van der Waals surface area contributed by atoms with E-state index in [1.807, 2.05) is 0 Å². The third-order valence-electron chi connectivity index (χ3n) is 8.92. The maximum absolute atomic E-state index is 14.4. The summed E-state index contributed by atoms with van der Waals surface area (Å²) >= 11 is 6.02. The van der Waals surface area contributed by atoms with Gasteiger partial charge >= 0.3 is 6.18 Å². The first-order valence-electron chi connectivity index (χ1n) is 16.1. The Labute approximate surface area is 295 Å². The van der Waals surface area contributed by atoms with Gasteiger partial charge in [-0.3, -0.25) is 14.4 Å². The van der Waals surface area contributed by atoms with Crippen molar-refractivity contribution in [3.8, 4) is 5.75 Å². The fourth-order valence-corrected chi connectivity index (χ4v) is 6.57. The molecule has 2 aliphatic heterocycles. The zero-order valence-electron chi connectivity index (χ0n) is 27.3. The lowest BCUT2D eigenvalue weighted by Crippen LogP contribution is -2.51. The average Bonchev–Trinajstić information content (AvgIpc) is 3.80. The summed E-state index contributed by atoms with van der Waals surface area (Å²) in [5.41, 5.74) is -0.976. The third kappa shape index (κ3) is 6.32. The standard InChI is InChI=1S/C33H29ClF4N8O6/c1-2-23-27(43-6-8-44(9-7-43)30(49)26-28(48)18-5-12-52-24(18)15-39-26)31(50)46-32(41-29(42-46)17-3-10-51-11-4-17)45(23)16-25(47)40-22-14-21(35)19(13-20(22)34)33(36,37)38/h3,5,12-15,48H,2,4,6-11,16H2,1H3,(H,40,47). The Morgan fingerprint density at radius 3 is 2.62 bits per heavy atom. The Morgan fingerprint density at radius 1 is 1.15 bits per heavy atom. The van der Waals surface area contributed by atoms with Crippen molar-refractivity contribution in [3.63, 3.8) is 0 Å². The predicted octanol–water partition coefficient (Wildman–Crippen LogP) is 4.52. The van der Waals surface area contributed by atoms with Crippen LogP contribution in [0.25, 0.3) is 22.3 Å². The molecule has 2 amide bonds. The largest absolute Gasteiger partial charge is 0.505 e. The minimum absolute atomic E-state index is 0.0258. The highest BCUT2D eigenvalue weighted by atomic mass is 35.5. The first-order chi connectivity index (χ1) is 24.8. The van der Waals surface area contributed by atoms with Gasteiger partial charge < -0.3 is 33.9 Å². The number of anilines is 2. The van der Waals surface area contributed by atoms with E-state index < -0.39 is 46.5 Å². The molecule has 2 N–H and O–H groups in total. The number of aromatic nitrogens is 5. The first kappa shape index (κ1) is 34.9. The number of carbonyl (C=O) groups is 2. The van der Waals surface area contributed by atoms with E-state index in [9.17, 15) is 37.1 Å². The van der Waals surface area contributed by atoms with Crippen molar-refractivity contribution in [2.75, 3.05) is 49.6 Å². The van der Waals surface area contributed by atoms with Crippen molar-refractivity contribution in [2.45, 2.75) is 32.5 Å². The topological polar surface area (TPSA) is 160 Å². The van der Waals surface area contributed by atoms with Crippen molar-refractivity contribution < 1.29 is 41.4 Å². The number of nitrogens with one attached hydrogen (secondary N) is 1. The zero-order valence-corrected chi connectivity index (χ0v) is 28.1. The lowest BCUT2D eigenvalue weighted by Gasteiger charge is -2.36. The molecule has 4 aromatic heterocycles. The highest BCUT2D eigenvalue weighted by Gasteiger charge is 2.35. The van der Waals surface area contributed by atoms with Crippen molar-refractivity contribution >= 4 is 57.1 Å². The zero-order chi connectivity index (χ0) is 36.9. The van der Waals surface area contributed by atoms with Gasteiger partial charge in [0.2, 0.25) is 11.7 Å². The second-order valence-electron chi connectivity index (χ2n) is 12.0. The quantitative estimate of drug-likeness (QED) is 0.227. The van der Waals surface area contributed by atoms with Crippen LogP contribution >= 0.6 is 11.6 Å². The van der Waals surface area contributed by atoms with E-state index in [1.54, 1.807) is 17.9 Å². The number of ether oxygens (including phenoxy) is 1. The van der Waals surface area contributed by atoms with E-state index in [2.05, 4.69) is 20.4 Å². The molecule has 272 valence electrons. The fraction of sp³-hybridized carbons (Fsp3) is 0.333. The summed E-state index contributed by atoms with van der Waals surface area (Å²) in [5, 5.41) is 17.4. The number of alkyl halides is 3. The third-order valence-corrected chi connectivity index (χ3v) is 9.23. The minimum Gasteiger partial charge on any atom is -0.505 e. The Hall–Kier alpha value is -5.49. The molecule has 1 fully saturated rings. The van der Waals surface area contributed by atoms with Crippen LogP contribution in [0.1, 0.15) is 40.9 Å². The van der Waals surface area contributed by atoms with Gasteiger partial charge in [-0.15, -0.1) is 5.10 Å². The highest BCUT2D eigenvalue weighted by molar-refractivity contribution is 6.33. The Balaban J connectivity index is 1.22. The number of nitrogens with zero attached hydrogens (tertiary/aromatic N) is 7. The molecule has 0 aliphatic carbocycles. The van der Waals surface area contributed by atoms with Crippen LogP contribution in [0.15, 0.2) is 45.9 Å². The van der Waals surface area contributed by atoms with Crippen molar-refractivity contribution in [1.29, 1.82) is 0 Å². The number of halogens is 5. The lowest BCUT2D eigenvalue weighted by atomic mass is 10.1. The highest BCUT2D eigenvalue weighted by Crippen LogP contribution is 2.36. The molecule has 0 unspecified atom stereocenters. The van der Waals surface area contributed by atoms with Crippen LogP contribution in [-0.2, 0) is 28.7 Å². The number of benzene rings is 1. The van der Waals surface area contributed by atoms with Gasteiger partial charge in [-0.05, 0) is 36.6 Å². The molecule has 0 spiro atoms. The second kappa shape index (κ2) is 13.6. The minimum atomic E-state index is -5.00. The van der Waals surface area contributed by atoms with E-state index in [4.69, 9.17) is 20.8 Å². The van der Waals surface area contributed by atoms with Gasteiger partial charge in [-0.2, -0.15) is 22.7 Å². The number of amides is 2. The summed E-state index contributed by atoms with van der Waals surface area (Å²) < 4.78 is 67.2.